The molecule has 0 saturated carbocycles. The molecular weight excluding hydrogens is 312 g/mol. The van der Waals surface area contributed by atoms with E-state index in [-0.39, 0.29) is 11.8 Å². The van der Waals surface area contributed by atoms with Gasteiger partial charge >= 0.3 is 0 Å². The van der Waals surface area contributed by atoms with E-state index in [0.29, 0.717) is 17.9 Å². The molecule has 3 rings (SSSR count). The molecule has 25 heavy (non-hydrogen) atoms. The number of nitrogens with one attached hydrogen (secondary N) is 1. The van der Waals surface area contributed by atoms with Crippen molar-refractivity contribution in [2.45, 2.75) is 26.2 Å². The first-order valence-electron chi connectivity index (χ1n) is 8.51. The molecule has 5 heteroatoms. The van der Waals surface area contributed by atoms with E-state index in [4.69, 9.17) is 0 Å². The lowest BCUT2D eigenvalue weighted by Crippen LogP contribution is -2.29. The molecule has 0 spiro atoms. The number of carbonyl (C=O) groups excluding carboxylic acids is 1. The van der Waals surface area contributed by atoms with Gasteiger partial charge in [-0.25, -0.2) is 0 Å². The maximum Gasteiger partial charge on any atom is 0.273 e. The SMILES string of the molecule is CC[C@H](CNC(=O)c1nn(-c2ccccc2)nc1C)c1ccccc1. The van der Waals surface area contributed by atoms with Crippen molar-refractivity contribution in [2.75, 3.05) is 6.54 Å². The van der Waals surface area contributed by atoms with Crippen molar-refractivity contribution >= 4 is 5.91 Å². The third kappa shape index (κ3) is 3.94. The van der Waals surface area contributed by atoms with Gasteiger partial charge in [0.1, 0.15) is 0 Å². The normalized spacial score (nSPS) is 11.9. The van der Waals surface area contributed by atoms with Crippen LogP contribution >= 0.6 is 0 Å². The second-order valence-corrected chi connectivity index (χ2v) is 5.98. The summed E-state index contributed by atoms with van der Waals surface area (Å²) in [5, 5.41) is 11.7. The van der Waals surface area contributed by atoms with Gasteiger partial charge in [0, 0.05) is 12.5 Å². The number of rotatable bonds is 6. The number of hydrogen-bond acceptors (Lipinski definition) is 3. The van der Waals surface area contributed by atoms with Crippen molar-refractivity contribution in [3.05, 3.63) is 77.6 Å². The largest absolute Gasteiger partial charge is 0.350 e. The molecule has 0 aliphatic heterocycles. The Kier molecular flexibility index (Phi) is 5.23. The predicted molar refractivity (Wildman–Crippen MR) is 97.9 cm³/mol. The molecular formula is C20H22N4O. The highest BCUT2D eigenvalue weighted by Crippen LogP contribution is 2.18. The van der Waals surface area contributed by atoms with Gasteiger partial charge < -0.3 is 5.32 Å². The molecule has 1 aromatic heterocycles. The van der Waals surface area contributed by atoms with Gasteiger partial charge in [0.05, 0.1) is 11.4 Å². The molecule has 1 atom stereocenters. The van der Waals surface area contributed by atoms with Gasteiger partial charge in [-0.1, -0.05) is 55.5 Å². The van der Waals surface area contributed by atoms with Gasteiger partial charge in [-0.2, -0.15) is 9.90 Å². The lowest BCUT2D eigenvalue weighted by molar-refractivity contribution is 0.0945. The number of amides is 1. The Morgan fingerprint density at radius 2 is 1.68 bits per heavy atom. The van der Waals surface area contributed by atoms with E-state index in [2.05, 4.69) is 34.6 Å². The Balaban J connectivity index is 1.70. The highest BCUT2D eigenvalue weighted by atomic mass is 16.2. The highest BCUT2D eigenvalue weighted by molar-refractivity contribution is 5.93. The summed E-state index contributed by atoms with van der Waals surface area (Å²) >= 11 is 0. The van der Waals surface area contributed by atoms with Crippen molar-refractivity contribution in [3.8, 4) is 5.69 Å². The van der Waals surface area contributed by atoms with Crippen LogP contribution in [0.3, 0.4) is 0 Å². The van der Waals surface area contributed by atoms with Crippen molar-refractivity contribution in [3.63, 3.8) is 0 Å². The number of carbonyl (C=O) groups is 1. The Labute approximate surface area is 147 Å². The molecule has 0 bridgehead atoms. The van der Waals surface area contributed by atoms with Crippen LogP contribution in [0, 0.1) is 6.92 Å². The molecule has 0 saturated heterocycles. The van der Waals surface area contributed by atoms with Crippen LogP contribution in [0.2, 0.25) is 0 Å². The van der Waals surface area contributed by atoms with Crippen LogP contribution < -0.4 is 5.32 Å². The van der Waals surface area contributed by atoms with Gasteiger partial charge in [0.25, 0.3) is 5.91 Å². The first-order chi connectivity index (χ1) is 12.2. The summed E-state index contributed by atoms with van der Waals surface area (Å²) in [7, 11) is 0. The van der Waals surface area contributed by atoms with Crippen LogP contribution in [0.5, 0.6) is 0 Å². The zero-order valence-corrected chi connectivity index (χ0v) is 14.5. The topological polar surface area (TPSA) is 59.8 Å². The standard InChI is InChI=1S/C20H22N4O/c1-3-16(17-10-6-4-7-11-17)14-21-20(25)19-15(2)22-24(23-19)18-12-8-5-9-13-18/h4-13,16H,3,14H2,1-2H3,(H,21,25)/t16-/m1/s1. The highest BCUT2D eigenvalue weighted by Gasteiger charge is 2.18. The molecule has 0 aliphatic rings. The number of aryl methyl sites for hydroxylation is 1. The first-order valence-corrected chi connectivity index (χ1v) is 8.51. The molecule has 1 amide bonds. The van der Waals surface area contributed by atoms with Crippen LogP contribution in [0.15, 0.2) is 60.7 Å². The number of benzene rings is 2. The Hall–Kier alpha value is -2.95. The maximum atomic E-state index is 12.5. The zero-order chi connectivity index (χ0) is 17.6. The average Bonchev–Trinajstić information content (AvgIpc) is 3.05. The molecule has 0 aliphatic carbocycles. The second kappa shape index (κ2) is 7.75. The maximum absolute atomic E-state index is 12.5. The fourth-order valence-electron chi connectivity index (χ4n) is 2.79. The molecule has 1 heterocycles. The number of nitrogens with zero attached hydrogens (tertiary/aromatic N) is 3. The minimum absolute atomic E-state index is 0.186. The second-order valence-electron chi connectivity index (χ2n) is 5.98. The van der Waals surface area contributed by atoms with Crippen LogP contribution in [-0.2, 0) is 0 Å². The van der Waals surface area contributed by atoms with E-state index < -0.39 is 0 Å². The monoisotopic (exact) mass is 334 g/mol. The summed E-state index contributed by atoms with van der Waals surface area (Å²) in [6, 6.07) is 19.8. The number of aromatic nitrogens is 3. The van der Waals surface area contributed by atoms with Crippen LogP contribution in [0.1, 0.15) is 41.0 Å². The smallest absolute Gasteiger partial charge is 0.273 e. The van der Waals surface area contributed by atoms with E-state index in [1.165, 1.54) is 10.4 Å². The molecule has 0 unspecified atom stereocenters. The van der Waals surface area contributed by atoms with Gasteiger partial charge in [-0.05, 0) is 31.0 Å². The average molecular weight is 334 g/mol. The Morgan fingerprint density at radius 3 is 2.32 bits per heavy atom. The van der Waals surface area contributed by atoms with E-state index >= 15 is 0 Å². The summed E-state index contributed by atoms with van der Waals surface area (Å²) in [4.78, 5) is 14.0. The summed E-state index contributed by atoms with van der Waals surface area (Å²) in [6.45, 7) is 4.51. The van der Waals surface area contributed by atoms with E-state index in [1.807, 2.05) is 48.5 Å². The van der Waals surface area contributed by atoms with Crippen molar-refractivity contribution in [2.24, 2.45) is 0 Å². The van der Waals surface area contributed by atoms with Gasteiger partial charge in [0.15, 0.2) is 5.69 Å². The number of hydrogen-bond donors (Lipinski definition) is 1. The van der Waals surface area contributed by atoms with Gasteiger partial charge in [0.2, 0.25) is 0 Å². The third-order valence-electron chi connectivity index (χ3n) is 4.26. The third-order valence-corrected chi connectivity index (χ3v) is 4.26. The van der Waals surface area contributed by atoms with E-state index in [0.717, 1.165) is 12.1 Å². The quantitative estimate of drug-likeness (QED) is 0.750. The lowest BCUT2D eigenvalue weighted by atomic mass is 9.96. The first kappa shape index (κ1) is 16.9. The number of para-hydroxylation sites is 1. The molecule has 0 radical (unpaired) electrons. The lowest BCUT2D eigenvalue weighted by Gasteiger charge is -2.15. The van der Waals surface area contributed by atoms with Gasteiger partial charge in [-0.15, -0.1) is 5.10 Å². The van der Waals surface area contributed by atoms with Crippen molar-refractivity contribution in [1.29, 1.82) is 0 Å². The van der Waals surface area contributed by atoms with Crippen LogP contribution in [0.4, 0.5) is 0 Å². The van der Waals surface area contributed by atoms with Crippen molar-refractivity contribution < 1.29 is 4.79 Å². The molecule has 1 N–H and O–H groups in total. The molecule has 128 valence electrons. The van der Waals surface area contributed by atoms with E-state index in [1.54, 1.807) is 6.92 Å². The van der Waals surface area contributed by atoms with Crippen LogP contribution in [-0.4, -0.2) is 27.4 Å². The zero-order valence-electron chi connectivity index (χ0n) is 14.5. The fourth-order valence-corrected chi connectivity index (χ4v) is 2.79. The summed E-state index contributed by atoms with van der Waals surface area (Å²) in [5.41, 5.74) is 3.05. The molecule has 2 aromatic carbocycles. The Morgan fingerprint density at radius 1 is 1.04 bits per heavy atom. The minimum Gasteiger partial charge on any atom is -0.350 e. The van der Waals surface area contributed by atoms with Crippen LogP contribution in [0.25, 0.3) is 5.69 Å². The molecule has 5 nitrogen and oxygen atoms in total. The Bertz CT molecular complexity index is 827. The minimum atomic E-state index is -0.186. The van der Waals surface area contributed by atoms with Crippen molar-refractivity contribution in [1.82, 2.24) is 20.3 Å². The van der Waals surface area contributed by atoms with E-state index in [9.17, 15) is 4.79 Å². The fraction of sp³-hybridized carbons (Fsp3) is 0.250. The van der Waals surface area contributed by atoms with Gasteiger partial charge in [-0.3, -0.25) is 4.79 Å². The molecule has 3 aromatic rings. The summed E-state index contributed by atoms with van der Waals surface area (Å²) in [5.74, 6) is 0.101. The predicted octanol–water partition coefficient (Wildman–Crippen LogP) is 3.50. The molecule has 0 fully saturated rings. The summed E-state index contributed by atoms with van der Waals surface area (Å²) in [6.07, 6.45) is 0.958. The summed E-state index contributed by atoms with van der Waals surface area (Å²) < 4.78 is 0.